The summed E-state index contributed by atoms with van der Waals surface area (Å²) in [7, 11) is 4.72. The lowest BCUT2D eigenvalue weighted by Crippen LogP contribution is -2.38. The quantitative estimate of drug-likeness (QED) is 0.788. The number of hydrogen-bond acceptors (Lipinski definition) is 5. The second-order valence-corrected chi connectivity index (χ2v) is 5.09. The summed E-state index contributed by atoms with van der Waals surface area (Å²) in [6, 6.07) is 7.43. The van der Waals surface area contributed by atoms with E-state index in [0.29, 0.717) is 22.3 Å². The summed E-state index contributed by atoms with van der Waals surface area (Å²) in [6.07, 6.45) is 0. The fraction of sp³-hybridized carbons (Fsp3) is 0.333. The molecule has 0 amide bonds. The van der Waals surface area contributed by atoms with Gasteiger partial charge in [-0.1, -0.05) is 23.7 Å². The number of nitrogens with zero attached hydrogens (tertiary/aromatic N) is 2. The number of halogens is 1. The number of esters is 1. The first-order chi connectivity index (χ1) is 9.99. The van der Waals surface area contributed by atoms with Gasteiger partial charge in [0, 0.05) is 12.1 Å². The molecule has 1 aliphatic rings. The lowest BCUT2D eigenvalue weighted by atomic mass is 9.95. The van der Waals surface area contributed by atoms with Crippen LogP contribution in [-0.2, 0) is 14.3 Å². The fourth-order valence-corrected chi connectivity index (χ4v) is 2.50. The molecule has 0 saturated heterocycles. The van der Waals surface area contributed by atoms with Gasteiger partial charge < -0.3 is 14.4 Å². The van der Waals surface area contributed by atoms with E-state index >= 15 is 0 Å². The van der Waals surface area contributed by atoms with Gasteiger partial charge in [-0.25, -0.2) is 9.79 Å². The van der Waals surface area contributed by atoms with Gasteiger partial charge in [0.05, 0.1) is 31.5 Å². The number of amidine groups is 1. The van der Waals surface area contributed by atoms with E-state index in [0.717, 1.165) is 5.56 Å². The normalized spacial score (nSPS) is 18.4. The molecule has 1 unspecified atom stereocenters. The Hall–Kier alpha value is -2.01. The molecule has 0 aliphatic carbocycles. The van der Waals surface area contributed by atoms with Gasteiger partial charge in [-0.2, -0.15) is 0 Å². The number of carbonyl (C=O) groups excluding carboxylic acids is 1. The minimum absolute atomic E-state index is 0.331. The third kappa shape index (κ3) is 2.88. The van der Waals surface area contributed by atoms with Crippen molar-refractivity contribution in [1.82, 2.24) is 4.90 Å². The Balaban J connectivity index is 2.56. The first kappa shape index (κ1) is 15.4. The predicted octanol–water partition coefficient (Wildman–Crippen LogP) is 2.78. The Morgan fingerprint density at radius 2 is 1.90 bits per heavy atom. The summed E-state index contributed by atoms with van der Waals surface area (Å²) in [5, 5.41) is 0.637. The molecule has 1 aliphatic heterocycles. The van der Waals surface area contributed by atoms with Crippen LogP contribution in [0.25, 0.3) is 0 Å². The minimum Gasteiger partial charge on any atom is -0.468 e. The molecule has 21 heavy (non-hydrogen) atoms. The number of hydrogen-bond donors (Lipinski definition) is 0. The number of methoxy groups -OCH3 is 2. The van der Waals surface area contributed by atoms with Gasteiger partial charge >= 0.3 is 5.97 Å². The van der Waals surface area contributed by atoms with Crippen LogP contribution in [-0.4, -0.2) is 38.2 Å². The molecule has 1 aromatic rings. The number of allylic oxidation sites excluding steroid dienone is 1. The molecule has 0 saturated carbocycles. The molecule has 112 valence electrons. The maximum Gasteiger partial charge on any atom is 0.338 e. The van der Waals surface area contributed by atoms with E-state index in [1.165, 1.54) is 7.11 Å². The van der Waals surface area contributed by atoms with E-state index in [1.54, 1.807) is 31.1 Å². The predicted molar refractivity (Wildman–Crippen MR) is 81.1 cm³/mol. The molecule has 0 N–H and O–H groups in total. The summed E-state index contributed by atoms with van der Waals surface area (Å²) >= 11 is 5.93. The summed E-state index contributed by atoms with van der Waals surface area (Å²) in [4.78, 5) is 18.2. The number of likely N-dealkylation sites (N-methyl/N-ethyl adjacent to an activating group) is 1. The first-order valence-corrected chi connectivity index (χ1v) is 6.77. The van der Waals surface area contributed by atoms with Crippen LogP contribution in [0, 0.1) is 0 Å². The minimum atomic E-state index is -0.404. The topological polar surface area (TPSA) is 51.1 Å². The third-order valence-corrected chi connectivity index (χ3v) is 3.64. The van der Waals surface area contributed by atoms with Crippen molar-refractivity contribution < 1.29 is 14.3 Å². The van der Waals surface area contributed by atoms with Crippen LogP contribution in [0.2, 0.25) is 5.02 Å². The molecule has 5 nitrogen and oxygen atoms in total. The second-order valence-electron chi connectivity index (χ2n) is 4.65. The van der Waals surface area contributed by atoms with Crippen LogP contribution in [0.4, 0.5) is 0 Å². The zero-order chi connectivity index (χ0) is 15.6. The van der Waals surface area contributed by atoms with E-state index in [4.69, 9.17) is 21.1 Å². The highest BCUT2D eigenvalue weighted by atomic mass is 35.5. The molecule has 2 rings (SSSR count). The molecular formula is C15H17ClN2O3. The number of benzene rings is 1. The summed E-state index contributed by atoms with van der Waals surface area (Å²) in [5.41, 5.74) is 1.98. The average molecular weight is 309 g/mol. The standard InChI is InChI=1S/C15H17ClN2O3/c1-9-12(14(19)20-3)13(18(2)15(17-9)21-4)10-5-7-11(16)8-6-10/h5-8,13H,1-4H3. The Labute approximate surface area is 128 Å². The van der Waals surface area contributed by atoms with Gasteiger partial charge in [-0.05, 0) is 24.6 Å². The fourth-order valence-electron chi connectivity index (χ4n) is 2.38. The van der Waals surface area contributed by atoms with Crippen molar-refractivity contribution in [2.24, 2.45) is 4.99 Å². The van der Waals surface area contributed by atoms with E-state index in [2.05, 4.69) is 4.99 Å². The van der Waals surface area contributed by atoms with E-state index in [1.807, 2.05) is 19.2 Å². The molecule has 0 radical (unpaired) electrons. The first-order valence-electron chi connectivity index (χ1n) is 6.39. The van der Waals surface area contributed by atoms with Crippen molar-refractivity contribution >= 4 is 23.6 Å². The zero-order valence-corrected chi connectivity index (χ0v) is 13.1. The van der Waals surface area contributed by atoms with Crippen LogP contribution in [0.5, 0.6) is 0 Å². The largest absolute Gasteiger partial charge is 0.468 e. The zero-order valence-electron chi connectivity index (χ0n) is 12.4. The van der Waals surface area contributed by atoms with E-state index in [-0.39, 0.29) is 6.04 Å². The Morgan fingerprint density at radius 3 is 2.43 bits per heavy atom. The van der Waals surface area contributed by atoms with Crippen LogP contribution < -0.4 is 0 Å². The van der Waals surface area contributed by atoms with Crippen molar-refractivity contribution in [2.45, 2.75) is 13.0 Å². The monoisotopic (exact) mass is 308 g/mol. The summed E-state index contributed by atoms with van der Waals surface area (Å²) < 4.78 is 10.2. The molecule has 0 fully saturated rings. The second kappa shape index (κ2) is 6.18. The highest BCUT2D eigenvalue weighted by Gasteiger charge is 2.35. The van der Waals surface area contributed by atoms with Crippen molar-refractivity contribution in [3.63, 3.8) is 0 Å². The van der Waals surface area contributed by atoms with Crippen molar-refractivity contribution in [2.75, 3.05) is 21.3 Å². The smallest absolute Gasteiger partial charge is 0.338 e. The van der Waals surface area contributed by atoms with E-state index < -0.39 is 5.97 Å². The Kier molecular flexibility index (Phi) is 4.53. The van der Waals surface area contributed by atoms with Crippen molar-refractivity contribution in [3.8, 4) is 0 Å². The van der Waals surface area contributed by atoms with Gasteiger partial charge in [0.2, 0.25) is 0 Å². The Morgan fingerprint density at radius 1 is 1.29 bits per heavy atom. The van der Waals surface area contributed by atoms with Crippen LogP contribution in [0.1, 0.15) is 18.5 Å². The van der Waals surface area contributed by atoms with Gasteiger partial charge in [-0.3, -0.25) is 0 Å². The summed E-state index contributed by atoms with van der Waals surface area (Å²) in [5.74, 6) is -0.404. The third-order valence-electron chi connectivity index (χ3n) is 3.39. The Bertz CT molecular complexity index is 608. The maximum atomic E-state index is 12.1. The van der Waals surface area contributed by atoms with Crippen molar-refractivity contribution in [1.29, 1.82) is 0 Å². The molecule has 1 atom stereocenters. The number of rotatable bonds is 2. The van der Waals surface area contributed by atoms with E-state index in [9.17, 15) is 4.79 Å². The molecule has 1 heterocycles. The van der Waals surface area contributed by atoms with Gasteiger partial charge in [0.1, 0.15) is 0 Å². The molecule has 1 aromatic carbocycles. The lowest BCUT2D eigenvalue weighted by Gasteiger charge is -2.34. The number of ether oxygens (including phenoxy) is 2. The van der Waals surface area contributed by atoms with Crippen molar-refractivity contribution in [3.05, 3.63) is 46.1 Å². The average Bonchev–Trinajstić information content (AvgIpc) is 2.49. The SMILES string of the molecule is COC(=O)C1=C(C)N=C(OC)N(C)C1c1ccc(Cl)cc1. The molecule has 0 aromatic heterocycles. The van der Waals surface area contributed by atoms with Crippen LogP contribution in [0.15, 0.2) is 40.5 Å². The van der Waals surface area contributed by atoms with Crippen LogP contribution >= 0.6 is 11.6 Å². The molecule has 0 spiro atoms. The summed E-state index contributed by atoms with van der Waals surface area (Å²) in [6.45, 7) is 1.77. The molecule has 6 heteroatoms. The number of aliphatic imine (C=N–C) groups is 1. The molecule has 0 bridgehead atoms. The lowest BCUT2D eigenvalue weighted by molar-refractivity contribution is -0.136. The number of carbonyl (C=O) groups is 1. The van der Waals surface area contributed by atoms with Gasteiger partial charge in [0.25, 0.3) is 6.02 Å². The highest BCUT2D eigenvalue weighted by Crippen LogP contribution is 2.35. The maximum absolute atomic E-state index is 12.1. The highest BCUT2D eigenvalue weighted by molar-refractivity contribution is 6.30. The van der Waals surface area contributed by atoms with Gasteiger partial charge in [0.15, 0.2) is 0 Å². The van der Waals surface area contributed by atoms with Crippen LogP contribution in [0.3, 0.4) is 0 Å². The molecular weight excluding hydrogens is 292 g/mol. The van der Waals surface area contributed by atoms with Gasteiger partial charge in [-0.15, -0.1) is 0 Å².